The maximum Gasteiger partial charge on any atom is 0.328 e. The molecule has 0 unspecified atom stereocenters. The zero-order chi connectivity index (χ0) is 17.0. The van der Waals surface area contributed by atoms with Gasteiger partial charge in [0.1, 0.15) is 5.54 Å². The molecule has 0 aromatic carbocycles. The summed E-state index contributed by atoms with van der Waals surface area (Å²) >= 11 is 0. The molecule has 6 nitrogen and oxygen atoms in total. The lowest BCUT2D eigenvalue weighted by Gasteiger charge is -2.32. The molecule has 4 amide bonds. The Morgan fingerprint density at radius 3 is 2.48 bits per heavy atom. The Hall–Kier alpha value is -1.59. The third kappa shape index (κ3) is 2.25. The summed E-state index contributed by atoms with van der Waals surface area (Å²) in [6, 6.07) is -0.504. The van der Waals surface area contributed by atoms with Gasteiger partial charge in [-0.15, -0.1) is 0 Å². The third-order valence-corrected chi connectivity index (χ3v) is 5.49. The van der Waals surface area contributed by atoms with E-state index in [-0.39, 0.29) is 35.8 Å². The van der Waals surface area contributed by atoms with Crippen molar-refractivity contribution in [2.75, 3.05) is 13.1 Å². The second-order valence-electron chi connectivity index (χ2n) is 8.03. The normalized spacial score (nSPS) is 31.6. The fraction of sp³-hybridized carbons (Fsp3) is 0.824. The highest BCUT2D eigenvalue weighted by Gasteiger charge is 2.61. The molecule has 128 valence electrons. The molecule has 6 heteroatoms. The fourth-order valence-electron chi connectivity index (χ4n) is 4.43. The highest BCUT2D eigenvalue weighted by atomic mass is 16.2. The molecular weight excluding hydrogens is 294 g/mol. The van der Waals surface area contributed by atoms with Crippen LogP contribution in [0.1, 0.15) is 59.8 Å². The molecule has 2 atom stereocenters. The van der Waals surface area contributed by atoms with Gasteiger partial charge in [0, 0.05) is 25.0 Å². The monoisotopic (exact) mass is 321 g/mol. The first-order chi connectivity index (χ1) is 10.7. The maximum atomic E-state index is 13.1. The van der Waals surface area contributed by atoms with Gasteiger partial charge < -0.3 is 9.80 Å². The minimum absolute atomic E-state index is 0.0275. The van der Waals surface area contributed by atoms with Crippen LogP contribution in [-0.4, -0.2) is 62.8 Å². The van der Waals surface area contributed by atoms with Crippen molar-refractivity contribution in [3.05, 3.63) is 0 Å². The smallest absolute Gasteiger partial charge is 0.328 e. The van der Waals surface area contributed by atoms with Gasteiger partial charge in [-0.1, -0.05) is 13.3 Å². The van der Waals surface area contributed by atoms with Crippen molar-refractivity contribution in [2.45, 2.75) is 76.9 Å². The molecule has 0 radical (unpaired) electrons. The number of rotatable bonds is 3. The molecular formula is C17H27N3O3. The van der Waals surface area contributed by atoms with Crippen molar-refractivity contribution in [1.29, 1.82) is 0 Å². The molecule has 3 fully saturated rings. The number of hydrogen-bond acceptors (Lipinski definition) is 3. The van der Waals surface area contributed by atoms with E-state index in [9.17, 15) is 14.4 Å². The number of imide groups is 1. The zero-order valence-electron chi connectivity index (χ0n) is 14.6. The van der Waals surface area contributed by atoms with E-state index >= 15 is 0 Å². The van der Waals surface area contributed by atoms with Crippen LogP contribution in [0.3, 0.4) is 0 Å². The molecule has 3 rings (SSSR count). The molecule has 0 bridgehead atoms. The van der Waals surface area contributed by atoms with Gasteiger partial charge in [-0.2, -0.15) is 0 Å². The van der Waals surface area contributed by atoms with Gasteiger partial charge in [-0.05, 0) is 40.0 Å². The average Bonchev–Trinajstić information content (AvgIpc) is 3.07. The lowest BCUT2D eigenvalue weighted by atomic mass is 9.90. The van der Waals surface area contributed by atoms with Crippen LogP contribution in [0.4, 0.5) is 4.79 Å². The summed E-state index contributed by atoms with van der Waals surface area (Å²) in [5.74, 6) is -0.0462. The van der Waals surface area contributed by atoms with Gasteiger partial charge in [0.05, 0.1) is 6.04 Å². The lowest BCUT2D eigenvalue weighted by Crippen LogP contribution is -2.48. The number of nitrogens with zero attached hydrogens (tertiary/aromatic N) is 3. The summed E-state index contributed by atoms with van der Waals surface area (Å²) in [6.45, 7) is 9.11. The number of carbonyl (C=O) groups is 3. The highest BCUT2D eigenvalue weighted by molar-refractivity contribution is 6.08. The lowest BCUT2D eigenvalue weighted by molar-refractivity contribution is -0.134. The van der Waals surface area contributed by atoms with Crippen molar-refractivity contribution in [3.8, 4) is 0 Å². The van der Waals surface area contributed by atoms with Crippen LogP contribution in [-0.2, 0) is 9.59 Å². The molecule has 0 aliphatic carbocycles. The van der Waals surface area contributed by atoms with E-state index in [1.54, 1.807) is 9.80 Å². The van der Waals surface area contributed by atoms with E-state index in [2.05, 4.69) is 0 Å². The van der Waals surface area contributed by atoms with Crippen LogP contribution in [0.25, 0.3) is 0 Å². The van der Waals surface area contributed by atoms with Gasteiger partial charge in [0.25, 0.3) is 5.91 Å². The molecule has 3 aliphatic rings. The first kappa shape index (κ1) is 16.3. The first-order valence-electron chi connectivity index (χ1n) is 8.68. The minimum atomic E-state index is -0.635. The standard InChI is InChI=1S/C17H27N3O3/c1-5-7-17-8-6-9-18(17)15(23)20(14(17)22)12-10-13(21)19(11-12)16(2,3)4/h12H,5-11H2,1-4H3/t12-,17-/m0/s1. The molecule has 0 spiro atoms. The largest absolute Gasteiger partial charge is 0.336 e. The van der Waals surface area contributed by atoms with E-state index < -0.39 is 5.54 Å². The summed E-state index contributed by atoms with van der Waals surface area (Å²) in [5.41, 5.74) is -0.918. The van der Waals surface area contributed by atoms with Gasteiger partial charge >= 0.3 is 6.03 Å². The van der Waals surface area contributed by atoms with Crippen LogP contribution < -0.4 is 0 Å². The highest BCUT2D eigenvalue weighted by Crippen LogP contribution is 2.43. The van der Waals surface area contributed by atoms with Gasteiger partial charge in [0.15, 0.2) is 0 Å². The molecule has 0 aromatic rings. The summed E-state index contributed by atoms with van der Waals surface area (Å²) in [7, 11) is 0. The predicted molar refractivity (Wildman–Crippen MR) is 85.7 cm³/mol. The predicted octanol–water partition coefficient (Wildman–Crippen LogP) is 1.98. The Balaban J connectivity index is 1.86. The Bertz CT molecular complexity index is 554. The summed E-state index contributed by atoms with van der Waals surface area (Å²) in [6.07, 6.45) is 3.50. The van der Waals surface area contributed by atoms with Gasteiger partial charge in [-0.3, -0.25) is 14.5 Å². The van der Waals surface area contributed by atoms with Crippen LogP contribution >= 0.6 is 0 Å². The molecule has 23 heavy (non-hydrogen) atoms. The van der Waals surface area contributed by atoms with Crippen LogP contribution in [0.15, 0.2) is 0 Å². The number of likely N-dealkylation sites (tertiary alicyclic amines) is 1. The number of hydrogen-bond donors (Lipinski definition) is 0. The second-order valence-corrected chi connectivity index (χ2v) is 8.03. The van der Waals surface area contributed by atoms with Gasteiger partial charge in [-0.25, -0.2) is 4.79 Å². The Labute approximate surface area is 137 Å². The van der Waals surface area contributed by atoms with E-state index in [1.807, 2.05) is 27.7 Å². The number of urea groups is 1. The zero-order valence-corrected chi connectivity index (χ0v) is 14.6. The molecule has 3 aliphatic heterocycles. The molecule has 0 saturated carbocycles. The molecule has 0 N–H and O–H groups in total. The van der Waals surface area contributed by atoms with Gasteiger partial charge in [0.2, 0.25) is 5.91 Å². The van der Waals surface area contributed by atoms with Crippen molar-refractivity contribution < 1.29 is 14.4 Å². The SMILES string of the molecule is CCC[C@@]12CCCN1C(=O)N([C@H]1CC(=O)N(C(C)(C)C)C1)C2=O. The fourth-order valence-corrected chi connectivity index (χ4v) is 4.43. The van der Waals surface area contributed by atoms with Crippen LogP contribution in [0.2, 0.25) is 0 Å². The quantitative estimate of drug-likeness (QED) is 0.747. The topological polar surface area (TPSA) is 60.9 Å². The number of amides is 4. The van der Waals surface area contributed by atoms with Crippen molar-refractivity contribution in [1.82, 2.24) is 14.7 Å². The van der Waals surface area contributed by atoms with E-state index in [1.165, 1.54) is 4.90 Å². The summed E-state index contributed by atoms with van der Waals surface area (Å²) < 4.78 is 0. The summed E-state index contributed by atoms with van der Waals surface area (Å²) in [5, 5.41) is 0. The minimum Gasteiger partial charge on any atom is -0.336 e. The number of fused-ring (bicyclic) bond motifs is 1. The Kier molecular flexibility index (Phi) is 3.69. The Morgan fingerprint density at radius 1 is 1.22 bits per heavy atom. The number of carbonyl (C=O) groups excluding carboxylic acids is 3. The van der Waals surface area contributed by atoms with Crippen molar-refractivity contribution >= 4 is 17.8 Å². The third-order valence-electron chi connectivity index (χ3n) is 5.49. The van der Waals surface area contributed by atoms with E-state index in [0.29, 0.717) is 13.1 Å². The van der Waals surface area contributed by atoms with Crippen molar-refractivity contribution in [3.63, 3.8) is 0 Å². The second kappa shape index (κ2) is 5.21. The van der Waals surface area contributed by atoms with Crippen LogP contribution in [0.5, 0.6) is 0 Å². The van der Waals surface area contributed by atoms with E-state index in [0.717, 1.165) is 25.7 Å². The molecule has 0 aromatic heterocycles. The Morgan fingerprint density at radius 2 is 1.91 bits per heavy atom. The van der Waals surface area contributed by atoms with E-state index in [4.69, 9.17) is 0 Å². The van der Waals surface area contributed by atoms with Crippen LogP contribution in [0, 0.1) is 0 Å². The maximum absolute atomic E-state index is 13.1. The molecule has 3 saturated heterocycles. The van der Waals surface area contributed by atoms with Crippen molar-refractivity contribution in [2.24, 2.45) is 0 Å². The average molecular weight is 321 g/mol. The first-order valence-corrected chi connectivity index (χ1v) is 8.68. The molecule has 3 heterocycles. The summed E-state index contributed by atoms with van der Waals surface area (Å²) in [4.78, 5) is 43.2.